The SMILES string of the molecule is O=C1CC2(CCN(C(=O)[C@@H](c3ccc(F)cc3)N3CCCCC3)CC2)CN1. The third-order valence-corrected chi connectivity index (χ3v) is 6.51. The Kier molecular flexibility index (Phi) is 5.17. The summed E-state index contributed by atoms with van der Waals surface area (Å²) in [6.45, 7) is 3.94. The molecule has 146 valence electrons. The van der Waals surface area contributed by atoms with Gasteiger partial charge in [0, 0.05) is 26.1 Å². The van der Waals surface area contributed by atoms with Gasteiger partial charge < -0.3 is 10.2 Å². The number of piperidine rings is 2. The molecule has 3 aliphatic heterocycles. The number of nitrogens with zero attached hydrogens (tertiary/aromatic N) is 2. The van der Waals surface area contributed by atoms with Crippen molar-refractivity contribution in [2.24, 2.45) is 5.41 Å². The lowest BCUT2D eigenvalue weighted by Crippen LogP contribution is -2.49. The standard InChI is InChI=1S/C21H28FN3O2/c22-17-6-4-16(5-7-17)19(24-10-2-1-3-11-24)20(27)25-12-8-21(9-13-25)14-18(26)23-15-21/h4-7,19H,1-3,8-15H2,(H,23,26)/t19-/m1/s1. The number of nitrogens with one attached hydrogen (secondary N) is 1. The van der Waals surface area contributed by atoms with Crippen LogP contribution in [0.5, 0.6) is 0 Å². The molecule has 0 aromatic heterocycles. The Morgan fingerprint density at radius 1 is 1.04 bits per heavy atom. The second kappa shape index (κ2) is 7.58. The van der Waals surface area contributed by atoms with Crippen molar-refractivity contribution in [3.05, 3.63) is 35.6 Å². The van der Waals surface area contributed by atoms with Crippen LogP contribution in [0.1, 0.15) is 50.1 Å². The van der Waals surface area contributed by atoms with E-state index in [1.54, 1.807) is 12.1 Å². The van der Waals surface area contributed by atoms with Gasteiger partial charge >= 0.3 is 0 Å². The van der Waals surface area contributed by atoms with Crippen molar-refractivity contribution in [1.29, 1.82) is 0 Å². The first-order chi connectivity index (χ1) is 13.1. The molecule has 5 nitrogen and oxygen atoms in total. The van der Waals surface area contributed by atoms with Crippen LogP contribution in [0.15, 0.2) is 24.3 Å². The maximum Gasteiger partial charge on any atom is 0.244 e. The lowest BCUT2D eigenvalue weighted by atomic mass is 9.77. The topological polar surface area (TPSA) is 52.7 Å². The zero-order chi connectivity index (χ0) is 18.9. The van der Waals surface area contributed by atoms with E-state index in [4.69, 9.17) is 0 Å². The Labute approximate surface area is 159 Å². The van der Waals surface area contributed by atoms with Crippen molar-refractivity contribution in [3.8, 4) is 0 Å². The molecule has 3 saturated heterocycles. The highest BCUT2D eigenvalue weighted by molar-refractivity contribution is 5.84. The number of carbonyl (C=O) groups is 2. The third kappa shape index (κ3) is 3.86. The summed E-state index contributed by atoms with van der Waals surface area (Å²) >= 11 is 0. The van der Waals surface area contributed by atoms with E-state index in [9.17, 15) is 14.0 Å². The lowest BCUT2D eigenvalue weighted by molar-refractivity contribution is -0.140. The summed E-state index contributed by atoms with van der Waals surface area (Å²) in [5, 5.41) is 2.94. The quantitative estimate of drug-likeness (QED) is 0.886. The van der Waals surface area contributed by atoms with E-state index in [0.29, 0.717) is 19.5 Å². The molecule has 4 rings (SSSR count). The van der Waals surface area contributed by atoms with E-state index < -0.39 is 0 Å². The van der Waals surface area contributed by atoms with Crippen molar-refractivity contribution in [3.63, 3.8) is 0 Å². The summed E-state index contributed by atoms with van der Waals surface area (Å²) in [7, 11) is 0. The highest BCUT2D eigenvalue weighted by Crippen LogP contribution is 2.38. The van der Waals surface area contributed by atoms with Crippen LogP contribution in [0.25, 0.3) is 0 Å². The number of amides is 2. The zero-order valence-corrected chi connectivity index (χ0v) is 15.8. The number of benzene rings is 1. The summed E-state index contributed by atoms with van der Waals surface area (Å²) in [4.78, 5) is 29.3. The minimum absolute atomic E-state index is 0.0321. The number of likely N-dealkylation sites (tertiary alicyclic amines) is 2. The van der Waals surface area contributed by atoms with Gasteiger partial charge in [0.1, 0.15) is 11.9 Å². The molecule has 0 unspecified atom stereocenters. The van der Waals surface area contributed by atoms with Gasteiger partial charge in [0.2, 0.25) is 11.8 Å². The summed E-state index contributed by atoms with van der Waals surface area (Å²) < 4.78 is 13.4. The van der Waals surface area contributed by atoms with Crippen LogP contribution < -0.4 is 5.32 Å². The highest BCUT2D eigenvalue weighted by Gasteiger charge is 2.43. The van der Waals surface area contributed by atoms with Crippen molar-refractivity contribution in [1.82, 2.24) is 15.1 Å². The van der Waals surface area contributed by atoms with Gasteiger partial charge in [0.25, 0.3) is 0 Å². The van der Waals surface area contributed by atoms with Gasteiger partial charge in [-0.1, -0.05) is 18.6 Å². The van der Waals surface area contributed by atoms with Crippen LogP contribution in [0.3, 0.4) is 0 Å². The molecule has 2 amide bonds. The predicted octanol–water partition coefficient (Wildman–Crippen LogP) is 2.48. The van der Waals surface area contributed by atoms with E-state index in [2.05, 4.69) is 10.2 Å². The van der Waals surface area contributed by atoms with Crippen molar-refractivity contribution < 1.29 is 14.0 Å². The molecular weight excluding hydrogens is 345 g/mol. The Morgan fingerprint density at radius 2 is 1.70 bits per heavy atom. The molecule has 0 aliphatic carbocycles. The fourth-order valence-corrected chi connectivity index (χ4v) is 4.81. The normalized spacial score (nSPS) is 24.0. The van der Waals surface area contributed by atoms with Crippen LogP contribution in [0, 0.1) is 11.2 Å². The van der Waals surface area contributed by atoms with Crippen molar-refractivity contribution >= 4 is 11.8 Å². The molecule has 1 atom stereocenters. The molecule has 1 aromatic carbocycles. The van der Waals surface area contributed by atoms with Crippen molar-refractivity contribution in [2.75, 3.05) is 32.7 Å². The van der Waals surface area contributed by atoms with E-state index in [0.717, 1.165) is 50.9 Å². The Morgan fingerprint density at radius 3 is 2.30 bits per heavy atom. The zero-order valence-electron chi connectivity index (χ0n) is 15.8. The van der Waals surface area contributed by atoms with E-state index in [-0.39, 0.29) is 29.1 Å². The van der Waals surface area contributed by atoms with Crippen molar-refractivity contribution in [2.45, 2.75) is 44.6 Å². The first-order valence-corrected chi connectivity index (χ1v) is 10.1. The Bertz CT molecular complexity index is 692. The van der Waals surface area contributed by atoms with Crippen LogP contribution in [0.4, 0.5) is 4.39 Å². The van der Waals surface area contributed by atoms with Gasteiger partial charge in [-0.25, -0.2) is 4.39 Å². The Hall–Kier alpha value is -1.95. The Balaban J connectivity index is 1.50. The molecule has 3 heterocycles. The van der Waals surface area contributed by atoms with Gasteiger partial charge in [-0.05, 0) is 61.9 Å². The smallest absolute Gasteiger partial charge is 0.244 e. The van der Waals surface area contributed by atoms with Gasteiger partial charge in [-0.15, -0.1) is 0 Å². The third-order valence-electron chi connectivity index (χ3n) is 6.51. The molecule has 6 heteroatoms. The van der Waals surface area contributed by atoms with Gasteiger partial charge in [-0.2, -0.15) is 0 Å². The molecule has 0 radical (unpaired) electrons. The largest absolute Gasteiger partial charge is 0.356 e. The maximum absolute atomic E-state index is 13.5. The lowest BCUT2D eigenvalue weighted by Gasteiger charge is -2.42. The fraction of sp³-hybridized carbons (Fsp3) is 0.619. The molecule has 3 aliphatic rings. The summed E-state index contributed by atoms with van der Waals surface area (Å²) in [6, 6.07) is 6.05. The van der Waals surface area contributed by atoms with Gasteiger partial charge in [0.05, 0.1) is 0 Å². The maximum atomic E-state index is 13.5. The number of hydrogen-bond acceptors (Lipinski definition) is 3. The predicted molar refractivity (Wildman–Crippen MR) is 100 cm³/mol. The minimum Gasteiger partial charge on any atom is -0.356 e. The number of hydrogen-bond donors (Lipinski definition) is 1. The van der Waals surface area contributed by atoms with Crippen LogP contribution in [0.2, 0.25) is 0 Å². The van der Waals surface area contributed by atoms with E-state index in [1.807, 2.05) is 4.90 Å². The summed E-state index contributed by atoms with van der Waals surface area (Å²) in [5.74, 6) is -0.0233. The average molecular weight is 373 g/mol. The molecule has 1 aromatic rings. The molecule has 3 fully saturated rings. The molecule has 27 heavy (non-hydrogen) atoms. The molecule has 0 bridgehead atoms. The summed E-state index contributed by atoms with van der Waals surface area (Å²) in [6.07, 6.45) is 5.72. The van der Waals surface area contributed by atoms with E-state index in [1.165, 1.54) is 18.6 Å². The number of rotatable bonds is 3. The molecule has 1 spiro atoms. The second-order valence-electron chi connectivity index (χ2n) is 8.33. The van der Waals surface area contributed by atoms with Gasteiger partial charge in [-0.3, -0.25) is 14.5 Å². The second-order valence-corrected chi connectivity index (χ2v) is 8.33. The van der Waals surface area contributed by atoms with Crippen LogP contribution >= 0.6 is 0 Å². The first-order valence-electron chi connectivity index (χ1n) is 10.1. The number of carbonyl (C=O) groups excluding carboxylic acids is 2. The highest BCUT2D eigenvalue weighted by atomic mass is 19.1. The summed E-state index contributed by atoms with van der Waals surface area (Å²) in [5.41, 5.74) is 0.908. The minimum atomic E-state index is -0.330. The molecule has 1 N–H and O–H groups in total. The molecular formula is C21H28FN3O2. The average Bonchev–Trinajstić information content (AvgIpc) is 3.05. The van der Waals surface area contributed by atoms with E-state index >= 15 is 0 Å². The monoisotopic (exact) mass is 373 g/mol. The van der Waals surface area contributed by atoms with Crippen LogP contribution in [-0.4, -0.2) is 54.3 Å². The molecule has 0 saturated carbocycles. The number of halogens is 1. The first kappa shape index (κ1) is 18.4. The fourth-order valence-electron chi connectivity index (χ4n) is 4.81. The van der Waals surface area contributed by atoms with Gasteiger partial charge in [0.15, 0.2) is 0 Å². The van der Waals surface area contributed by atoms with Crippen LogP contribution in [-0.2, 0) is 9.59 Å².